The van der Waals surface area contributed by atoms with Crippen LogP contribution in [0.3, 0.4) is 0 Å². The van der Waals surface area contributed by atoms with E-state index in [2.05, 4.69) is 9.83 Å². The van der Waals surface area contributed by atoms with Crippen molar-refractivity contribution in [3.63, 3.8) is 0 Å². The van der Waals surface area contributed by atoms with Crippen molar-refractivity contribution in [2.75, 3.05) is 0 Å². The first kappa shape index (κ1) is 17.8. The molecule has 25 heavy (non-hydrogen) atoms. The average Bonchev–Trinajstić information content (AvgIpc) is 2.99. The van der Waals surface area contributed by atoms with Crippen molar-refractivity contribution in [1.29, 1.82) is 0 Å². The van der Waals surface area contributed by atoms with E-state index < -0.39 is 5.97 Å². The SMILES string of the molecule is [C-]#[N+]c1cc(-c2nc(C)c(C(=O)O)[se]2)ccc1Sc1ccc(Cl)cc1. The van der Waals surface area contributed by atoms with Crippen LogP contribution in [0.15, 0.2) is 52.3 Å². The van der Waals surface area contributed by atoms with E-state index in [1.165, 1.54) is 11.8 Å². The number of hydrogen-bond acceptors (Lipinski definition) is 3. The Morgan fingerprint density at radius 1 is 1.28 bits per heavy atom. The van der Waals surface area contributed by atoms with Gasteiger partial charge in [0.1, 0.15) is 0 Å². The summed E-state index contributed by atoms with van der Waals surface area (Å²) in [5.74, 6) is -0.920. The summed E-state index contributed by atoms with van der Waals surface area (Å²) in [7, 11) is 0. The molecule has 1 heterocycles. The van der Waals surface area contributed by atoms with Crippen LogP contribution in [0.25, 0.3) is 15.0 Å². The maximum absolute atomic E-state index is 11.2. The van der Waals surface area contributed by atoms with Gasteiger partial charge >= 0.3 is 160 Å². The molecule has 7 heteroatoms. The number of halogens is 1. The number of aryl methyl sites for hydroxylation is 1. The summed E-state index contributed by atoms with van der Waals surface area (Å²) in [6.45, 7) is 9.16. The zero-order chi connectivity index (χ0) is 18.0. The number of nitrogens with zero attached hydrogens (tertiary/aromatic N) is 2. The molecule has 0 saturated heterocycles. The molecule has 3 aromatic rings. The van der Waals surface area contributed by atoms with Crippen molar-refractivity contribution < 1.29 is 9.90 Å². The molecule has 124 valence electrons. The van der Waals surface area contributed by atoms with Crippen LogP contribution < -0.4 is 0 Å². The Bertz CT molecular complexity index is 993. The molecule has 0 unspecified atom stereocenters. The Balaban J connectivity index is 1.94. The van der Waals surface area contributed by atoms with Crippen LogP contribution in [-0.2, 0) is 0 Å². The van der Waals surface area contributed by atoms with Gasteiger partial charge in [-0.25, -0.2) is 0 Å². The molecule has 0 aliphatic carbocycles. The minimum atomic E-state index is -0.920. The average molecular weight is 434 g/mol. The quantitative estimate of drug-likeness (QED) is 0.456. The Kier molecular flexibility index (Phi) is 5.31. The number of aromatic nitrogens is 1. The Morgan fingerprint density at radius 3 is 2.60 bits per heavy atom. The summed E-state index contributed by atoms with van der Waals surface area (Å²) in [5.41, 5.74) is 1.88. The molecule has 4 nitrogen and oxygen atoms in total. The van der Waals surface area contributed by atoms with E-state index in [1.54, 1.807) is 13.0 Å². The molecule has 0 aliphatic rings. The van der Waals surface area contributed by atoms with Gasteiger partial charge in [0.15, 0.2) is 0 Å². The second kappa shape index (κ2) is 7.47. The van der Waals surface area contributed by atoms with Gasteiger partial charge in [-0.2, -0.15) is 0 Å². The molecule has 0 fully saturated rings. The third-order valence-corrected chi connectivity index (χ3v) is 7.19. The topological polar surface area (TPSA) is 54.5 Å². The fraction of sp³-hybridized carbons (Fsp3) is 0.0556. The fourth-order valence-corrected chi connectivity index (χ4v) is 5.06. The summed E-state index contributed by atoms with van der Waals surface area (Å²) in [6.07, 6.45) is 0. The molecule has 0 aliphatic heterocycles. The number of benzene rings is 2. The van der Waals surface area contributed by atoms with Crippen molar-refractivity contribution in [1.82, 2.24) is 4.98 Å². The van der Waals surface area contributed by atoms with Gasteiger partial charge < -0.3 is 0 Å². The van der Waals surface area contributed by atoms with Crippen LogP contribution in [0.1, 0.15) is 14.9 Å². The van der Waals surface area contributed by atoms with Crippen LogP contribution in [0, 0.1) is 13.5 Å². The molecule has 3 rings (SSSR count). The molecule has 0 amide bonds. The van der Waals surface area contributed by atoms with E-state index in [0.29, 0.717) is 20.8 Å². The number of carboxylic acids is 1. The van der Waals surface area contributed by atoms with Crippen LogP contribution in [-0.4, -0.2) is 30.6 Å². The molecule has 1 N–H and O–H groups in total. The van der Waals surface area contributed by atoms with Crippen molar-refractivity contribution in [2.24, 2.45) is 0 Å². The number of hydrogen-bond donors (Lipinski definition) is 1. The third-order valence-electron chi connectivity index (χ3n) is 3.36. The second-order valence-corrected chi connectivity index (χ2v) is 8.74. The summed E-state index contributed by atoms with van der Waals surface area (Å²) in [5, 5.41) is 9.87. The molecule has 0 bridgehead atoms. The van der Waals surface area contributed by atoms with Crippen LogP contribution in [0.2, 0.25) is 5.02 Å². The molecular formula is C18H11ClN2O2SSe. The van der Waals surface area contributed by atoms with Crippen LogP contribution in [0.4, 0.5) is 5.69 Å². The van der Waals surface area contributed by atoms with Gasteiger partial charge in [-0.05, 0) is 0 Å². The van der Waals surface area contributed by atoms with E-state index in [4.69, 9.17) is 18.2 Å². The molecule has 0 saturated carbocycles. The summed E-state index contributed by atoms with van der Waals surface area (Å²) < 4.78 is 1.11. The zero-order valence-electron chi connectivity index (χ0n) is 13.0. The number of rotatable bonds is 4. The van der Waals surface area contributed by atoms with E-state index in [0.717, 1.165) is 19.9 Å². The van der Waals surface area contributed by atoms with E-state index in [-0.39, 0.29) is 14.5 Å². The van der Waals surface area contributed by atoms with E-state index >= 15 is 0 Å². The van der Waals surface area contributed by atoms with Crippen molar-refractivity contribution >= 4 is 49.5 Å². The van der Waals surface area contributed by atoms with Gasteiger partial charge in [-0.15, -0.1) is 0 Å². The van der Waals surface area contributed by atoms with Gasteiger partial charge in [0.25, 0.3) is 0 Å². The standard InChI is InChI=1S/C18H11ClN2O2SSe/c1-10-16(18(22)23)25-17(21-10)11-3-8-15(14(9-11)20-2)24-13-6-4-12(19)5-7-13/h3-9H,1H3,(H,22,23). The predicted octanol–water partition coefficient (Wildman–Crippen LogP) is 5.17. The minimum absolute atomic E-state index is 0.347. The first-order valence-corrected chi connectivity index (χ1v) is 10.0. The van der Waals surface area contributed by atoms with Gasteiger partial charge in [-0.3, -0.25) is 0 Å². The maximum atomic E-state index is 11.2. The first-order chi connectivity index (χ1) is 12.0. The summed E-state index contributed by atoms with van der Waals surface area (Å²) in [6, 6.07) is 13.0. The molecule has 1 aromatic heterocycles. The monoisotopic (exact) mass is 434 g/mol. The van der Waals surface area contributed by atoms with Gasteiger partial charge in [0.2, 0.25) is 0 Å². The molecule has 0 atom stereocenters. The van der Waals surface area contributed by atoms with Crippen LogP contribution in [0.5, 0.6) is 0 Å². The normalized spacial score (nSPS) is 10.4. The van der Waals surface area contributed by atoms with Crippen molar-refractivity contribution in [2.45, 2.75) is 16.7 Å². The summed E-state index contributed by atoms with van der Waals surface area (Å²) in [4.78, 5) is 21.0. The van der Waals surface area contributed by atoms with E-state index in [9.17, 15) is 9.90 Å². The second-order valence-electron chi connectivity index (χ2n) is 5.09. The predicted molar refractivity (Wildman–Crippen MR) is 100 cm³/mol. The van der Waals surface area contributed by atoms with Gasteiger partial charge in [0.05, 0.1) is 0 Å². The third kappa shape index (κ3) is 3.97. The van der Waals surface area contributed by atoms with E-state index in [1.807, 2.05) is 36.4 Å². The molecule has 0 spiro atoms. The first-order valence-electron chi connectivity index (χ1n) is 7.14. The summed E-state index contributed by atoms with van der Waals surface area (Å²) >= 11 is 7.04. The Labute approximate surface area is 160 Å². The molecular weight excluding hydrogens is 423 g/mol. The molecule has 0 radical (unpaired) electrons. The number of carbonyl (C=O) groups is 1. The fourth-order valence-electron chi connectivity index (χ4n) is 2.17. The number of aromatic carboxylic acids is 1. The Hall–Kier alpha value is -2.03. The number of carboxylic acid groups (broad SMARTS) is 1. The van der Waals surface area contributed by atoms with Crippen molar-refractivity contribution in [3.8, 4) is 10.1 Å². The van der Waals surface area contributed by atoms with Gasteiger partial charge in [-0.1, -0.05) is 0 Å². The molecule has 2 aromatic carbocycles. The Morgan fingerprint density at radius 2 is 2.00 bits per heavy atom. The van der Waals surface area contributed by atoms with Crippen molar-refractivity contribution in [3.05, 3.63) is 69.0 Å². The van der Waals surface area contributed by atoms with Crippen LogP contribution >= 0.6 is 23.4 Å². The van der Waals surface area contributed by atoms with Gasteiger partial charge in [0, 0.05) is 0 Å². The zero-order valence-corrected chi connectivity index (χ0v) is 16.3.